The van der Waals surface area contributed by atoms with Gasteiger partial charge in [0.25, 0.3) is 5.91 Å². The van der Waals surface area contributed by atoms with E-state index in [-0.39, 0.29) is 5.91 Å². The first-order valence-electron chi connectivity index (χ1n) is 3.83. The van der Waals surface area contributed by atoms with E-state index in [0.29, 0.717) is 6.54 Å². The van der Waals surface area contributed by atoms with Crippen molar-refractivity contribution in [3.63, 3.8) is 0 Å². The van der Waals surface area contributed by atoms with E-state index >= 15 is 0 Å². The van der Waals surface area contributed by atoms with Crippen molar-refractivity contribution in [2.45, 2.75) is 6.54 Å². The number of hydrogen-bond donors (Lipinski definition) is 0. The summed E-state index contributed by atoms with van der Waals surface area (Å²) in [5, 5.41) is 0.724. The van der Waals surface area contributed by atoms with Gasteiger partial charge < -0.3 is 4.90 Å². The molecule has 0 saturated carbocycles. The van der Waals surface area contributed by atoms with Crippen molar-refractivity contribution in [3.05, 3.63) is 31.9 Å². The highest BCUT2D eigenvalue weighted by atomic mass is 127. The Balaban J connectivity index is 2.59. The third-order valence-electron chi connectivity index (χ3n) is 2.13. The number of nitrogens with zero attached hydrogens (tertiary/aromatic N) is 1. The van der Waals surface area contributed by atoms with Crippen LogP contribution in [0.15, 0.2) is 12.1 Å². The van der Waals surface area contributed by atoms with E-state index in [2.05, 4.69) is 22.6 Å². The molecule has 0 atom stereocenters. The second-order valence-electron chi connectivity index (χ2n) is 3.08. The zero-order valence-corrected chi connectivity index (χ0v) is 9.89. The fourth-order valence-electron chi connectivity index (χ4n) is 1.45. The molecule has 1 aromatic rings. The van der Waals surface area contributed by atoms with Crippen molar-refractivity contribution < 1.29 is 4.79 Å². The van der Waals surface area contributed by atoms with Gasteiger partial charge in [0.05, 0.1) is 5.02 Å². The highest BCUT2D eigenvalue weighted by molar-refractivity contribution is 14.1. The van der Waals surface area contributed by atoms with E-state index in [9.17, 15) is 4.79 Å². The van der Waals surface area contributed by atoms with Crippen LogP contribution in [-0.2, 0) is 6.54 Å². The minimum atomic E-state index is 0.0876. The van der Waals surface area contributed by atoms with Gasteiger partial charge in [0.15, 0.2) is 0 Å². The first-order valence-corrected chi connectivity index (χ1v) is 5.28. The van der Waals surface area contributed by atoms with E-state index in [1.807, 2.05) is 12.1 Å². The Bertz CT molecular complexity index is 391. The largest absolute Gasteiger partial charge is 0.337 e. The van der Waals surface area contributed by atoms with Gasteiger partial charge >= 0.3 is 0 Å². The summed E-state index contributed by atoms with van der Waals surface area (Å²) in [5.74, 6) is 0.0876. The van der Waals surface area contributed by atoms with Crippen molar-refractivity contribution in [2.24, 2.45) is 0 Å². The van der Waals surface area contributed by atoms with Gasteiger partial charge in [0.2, 0.25) is 0 Å². The summed E-state index contributed by atoms with van der Waals surface area (Å²) in [7, 11) is 1.79. The van der Waals surface area contributed by atoms with Crippen LogP contribution in [0.1, 0.15) is 15.9 Å². The van der Waals surface area contributed by atoms with Crippen LogP contribution in [0.4, 0.5) is 0 Å². The second kappa shape index (κ2) is 3.13. The molecule has 4 heteroatoms. The van der Waals surface area contributed by atoms with Crippen LogP contribution in [0.3, 0.4) is 0 Å². The maximum Gasteiger partial charge on any atom is 0.254 e. The average Bonchev–Trinajstić information content (AvgIpc) is 2.32. The molecule has 68 valence electrons. The molecule has 0 radical (unpaired) electrons. The number of benzene rings is 1. The number of fused-ring (bicyclic) bond motifs is 1. The second-order valence-corrected chi connectivity index (χ2v) is 4.65. The van der Waals surface area contributed by atoms with Gasteiger partial charge in [-0.1, -0.05) is 11.6 Å². The molecule has 0 spiro atoms. The number of amides is 1. The van der Waals surface area contributed by atoms with Gasteiger partial charge in [0, 0.05) is 22.7 Å². The predicted molar refractivity (Wildman–Crippen MR) is 60.0 cm³/mol. The Morgan fingerprint density at radius 1 is 1.54 bits per heavy atom. The summed E-state index contributed by atoms with van der Waals surface area (Å²) in [6.45, 7) is 0.671. The first kappa shape index (κ1) is 9.27. The number of carbonyl (C=O) groups is 1. The van der Waals surface area contributed by atoms with Gasteiger partial charge in [-0.25, -0.2) is 0 Å². The molecule has 2 nitrogen and oxygen atoms in total. The molecule has 13 heavy (non-hydrogen) atoms. The van der Waals surface area contributed by atoms with Crippen molar-refractivity contribution in [1.82, 2.24) is 4.90 Å². The van der Waals surface area contributed by atoms with Crippen LogP contribution < -0.4 is 0 Å². The molecule has 0 unspecified atom stereocenters. The number of carbonyl (C=O) groups excluding carboxylic acids is 1. The van der Waals surface area contributed by atoms with Crippen LogP contribution in [0.2, 0.25) is 5.02 Å². The van der Waals surface area contributed by atoms with Crippen LogP contribution in [0, 0.1) is 3.57 Å². The summed E-state index contributed by atoms with van der Waals surface area (Å²) in [4.78, 5) is 13.2. The van der Waals surface area contributed by atoms with Gasteiger partial charge in [-0.3, -0.25) is 4.79 Å². The Hall–Kier alpha value is -0.290. The molecule has 1 amide bonds. The minimum Gasteiger partial charge on any atom is -0.337 e. The van der Waals surface area contributed by atoms with Crippen LogP contribution in [-0.4, -0.2) is 17.9 Å². The van der Waals surface area contributed by atoms with E-state index in [1.54, 1.807) is 11.9 Å². The van der Waals surface area contributed by atoms with Gasteiger partial charge in [-0.05, 0) is 40.3 Å². The molecule has 0 aromatic heterocycles. The summed E-state index contributed by atoms with van der Waals surface area (Å²) >= 11 is 8.08. The molecular weight excluding hydrogens is 300 g/mol. The lowest BCUT2D eigenvalue weighted by Crippen LogP contribution is -2.17. The molecular formula is C9H7ClINO. The lowest BCUT2D eigenvalue weighted by atomic mass is 10.1. The lowest BCUT2D eigenvalue weighted by Gasteiger charge is -2.04. The highest BCUT2D eigenvalue weighted by Gasteiger charge is 2.25. The molecule has 1 aliphatic rings. The predicted octanol–water partition coefficient (Wildman–Crippen LogP) is 2.53. The third kappa shape index (κ3) is 1.44. The van der Waals surface area contributed by atoms with E-state index in [4.69, 9.17) is 11.6 Å². The fraction of sp³-hybridized carbons (Fsp3) is 0.222. The Labute approximate surface area is 95.0 Å². The molecule has 0 bridgehead atoms. The molecule has 0 saturated heterocycles. The van der Waals surface area contributed by atoms with Crippen LogP contribution in [0.25, 0.3) is 0 Å². The van der Waals surface area contributed by atoms with E-state index in [0.717, 1.165) is 19.7 Å². The number of rotatable bonds is 0. The maximum atomic E-state index is 11.5. The number of hydrogen-bond acceptors (Lipinski definition) is 1. The fourth-order valence-corrected chi connectivity index (χ4v) is 2.10. The summed E-state index contributed by atoms with van der Waals surface area (Å²) in [6.07, 6.45) is 0. The molecule has 1 heterocycles. The molecule has 0 N–H and O–H groups in total. The topological polar surface area (TPSA) is 20.3 Å². The van der Waals surface area contributed by atoms with Crippen LogP contribution in [0.5, 0.6) is 0 Å². The molecule has 1 aliphatic heterocycles. The quantitative estimate of drug-likeness (QED) is 0.675. The SMILES string of the molecule is CN1Cc2cc(Cl)c(I)cc2C1=O. The van der Waals surface area contributed by atoms with Gasteiger partial charge in [-0.2, -0.15) is 0 Å². The Kier molecular flexibility index (Phi) is 2.23. The summed E-state index contributed by atoms with van der Waals surface area (Å²) in [5.41, 5.74) is 1.81. The van der Waals surface area contributed by atoms with Crippen molar-refractivity contribution in [2.75, 3.05) is 7.05 Å². The first-order chi connectivity index (χ1) is 6.09. The third-order valence-corrected chi connectivity index (χ3v) is 3.65. The van der Waals surface area contributed by atoms with E-state index < -0.39 is 0 Å². The summed E-state index contributed by atoms with van der Waals surface area (Å²) < 4.78 is 0.932. The molecule has 0 aliphatic carbocycles. The number of halogens is 2. The van der Waals surface area contributed by atoms with Crippen molar-refractivity contribution >= 4 is 40.1 Å². The smallest absolute Gasteiger partial charge is 0.254 e. The normalized spacial score (nSPS) is 15.0. The minimum absolute atomic E-state index is 0.0876. The average molecular weight is 308 g/mol. The van der Waals surface area contributed by atoms with Crippen LogP contribution >= 0.6 is 34.2 Å². The Morgan fingerprint density at radius 3 is 2.92 bits per heavy atom. The van der Waals surface area contributed by atoms with Gasteiger partial charge in [-0.15, -0.1) is 0 Å². The summed E-state index contributed by atoms with van der Waals surface area (Å²) in [6, 6.07) is 3.73. The molecule has 0 fully saturated rings. The molecule has 2 rings (SSSR count). The van der Waals surface area contributed by atoms with Gasteiger partial charge in [0.1, 0.15) is 0 Å². The van der Waals surface area contributed by atoms with Crippen molar-refractivity contribution in [3.8, 4) is 0 Å². The van der Waals surface area contributed by atoms with Crippen molar-refractivity contribution in [1.29, 1.82) is 0 Å². The zero-order valence-electron chi connectivity index (χ0n) is 6.97. The highest BCUT2D eigenvalue weighted by Crippen LogP contribution is 2.28. The zero-order chi connectivity index (χ0) is 9.59. The Morgan fingerprint density at radius 2 is 2.23 bits per heavy atom. The van der Waals surface area contributed by atoms with E-state index in [1.165, 1.54) is 0 Å². The monoisotopic (exact) mass is 307 g/mol. The standard InChI is InChI=1S/C9H7ClINO/c1-12-4-5-2-7(10)8(11)3-6(5)9(12)13/h2-3H,4H2,1H3. The maximum absolute atomic E-state index is 11.5. The molecule has 1 aromatic carbocycles. The lowest BCUT2D eigenvalue weighted by molar-refractivity contribution is 0.0816.